The zero-order valence-electron chi connectivity index (χ0n) is 15.8. The zero-order chi connectivity index (χ0) is 19.5. The Kier molecular flexibility index (Phi) is 6.80. The number of halogens is 1. The Bertz CT molecular complexity index is 705. The van der Waals surface area contributed by atoms with E-state index in [1.54, 1.807) is 30.0 Å². The third-order valence-corrected chi connectivity index (χ3v) is 4.86. The van der Waals surface area contributed by atoms with Crippen molar-refractivity contribution >= 4 is 40.6 Å². The monoisotopic (exact) mass is 395 g/mol. The molecule has 0 aliphatic heterocycles. The van der Waals surface area contributed by atoms with Crippen LogP contribution in [-0.2, 0) is 9.53 Å². The number of carbonyl (C=O) groups excluding carboxylic acids is 2. The highest BCUT2D eigenvalue weighted by Crippen LogP contribution is 2.28. The Morgan fingerprint density at radius 3 is 2.42 bits per heavy atom. The zero-order valence-corrected chi connectivity index (χ0v) is 17.4. The van der Waals surface area contributed by atoms with Gasteiger partial charge in [-0.1, -0.05) is 42.7 Å². The molecule has 0 spiro atoms. The van der Waals surface area contributed by atoms with Gasteiger partial charge >= 0.3 is 5.97 Å². The SMILES string of the molecule is CC(=S)c1c(Cl)cccc1C(=O)N(CC(=O)OC(C)(C)C)C1CCCC1. The van der Waals surface area contributed by atoms with Gasteiger partial charge < -0.3 is 9.64 Å². The van der Waals surface area contributed by atoms with Gasteiger partial charge in [0.1, 0.15) is 12.1 Å². The Hall–Kier alpha value is -1.46. The van der Waals surface area contributed by atoms with Crippen molar-refractivity contribution in [1.29, 1.82) is 0 Å². The first kappa shape index (κ1) is 20.8. The van der Waals surface area contributed by atoms with Gasteiger partial charge in [0.15, 0.2) is 0 Å². The molecule has 0 bridgehead atoms. The number of hydrogen-bond donors (Lipinski definition) is 0. The fourth-order valence-corrected chi connectivity index (χ4v) is 3.90. The number of thiocarbonyl (C=S) groups is 1. The molecule has 26 heavy (non-hydrogen) atoms. The molecular weight excluding hydrogens is 370 g/mol. The Balaban J connectivity index is 2.34. The Labute approximate surface area is 165 Å². The van der Waals surface area contributed by atoms with E-state index in [9.17, 15) is 9.59 Å². The van der Waals surface area contributed by atoms with Crippen molar-refractivity contribution in [3.63, 3.8) is 0 Å². The van der Waals surface area contributed by atoms with Crippen LogP contribution >= 0.6 is 23.8 Å². The summed E-state index contributed by atoms with van der Waals surface area (Å²) < 4.78 is 5.43. The van der Waals surface area contributed by atoms with Crippen LogP contribution in [0.5, 0.6) is 0 Å². The molecule has 1 fully saturated rings. The summed E-state index contributed by atoms with van der Waals surface area (Å²) >= 11 is 11.6. The molecule has 2 rings (SSSR count). The smallest absolute Gasteiger partial charge is 0.326 e. The van der Waals surface area contributed by atoms with E-state index in [2.05, 4.69) is 0 Å². The summed E-state index contributed by atoms with van der Waals surface area (Å²) in [6, 6.07) is 5.21. The summed E-state index contributed by atoms with van der Waals surface area (Å²) in [6.45, 7) is 7.13. The lowest BCUT2D eigenvalue weighted by Crippen LogP contribution is -2.44. The van der Waals surface area contributed by atoms with E-state index >= 15 is 0 Å². The van der Waals surface area contributed by atoms with Gasteiger partial charge in [0.25, 0.3) is 5.91 Å². The van der Waals surface area contributed by atoms with Gasteiger partial charge in [0.05, 0.1) is 0 Å². The molecule has 1 aromatic carbocycles. The lowest BCUT2D eigenvalue weighted by molar-refractivity contribution is -0.156. The van der Waals surface area contributed by atoms with Crippen LogP contribution < -0.4 is 0 Å². The molecule has 1 saturated carbocycles. The lowest BCUT2D eigenvalue weighted by atomic mass is 10.0. The van der Waals surface area contributed by atoms with E-state index in [-0.39, 0.29) is 18.5 Å². The summed E-state index contributed by atoms with van der Waals surface area (Å²) in [7, 11) is 0. The minimum absolute atomic E-state index is 0.0345. The molecule has 1 amide bonds. The second-order valence-electron chi connectivity index (χ2n) is 7.68. The van der Waals surface area contributed by atoms with Crippen molar-refractivity contribution in [1.82, 2.24) is 4.90 Å². The number of rotatable bonds is 5. The quantitative estimate of drug-likeness (QED) is 0.408. The van der Waals surface area contributed by atoms with Gasteiger partial charge in [-0.05, 0) is 52.7 Å². The van der Waals surface area contributed by atoms with E-state index in [1.807, 2.05) is 20.8 Å². The van der Waals surface area contributed by atoms with Crippen LogP contribution in [0.4, 0.5) is 0 Å². The van der Waals surface area contributed by atoms with E-state index < -0.39 is 11.6 Å². The predicted octanol–water partition coefficient (Wildman–Crippen LogP) is 4.80. The maximum absolute atomic E-state index is 13.3. The van der Waals surface area contributed by atoms with Crippen molar-refractivity contribution in [2.24, 2.45) is 0 Å². The molecule has 6 heteroatoms. The molecule has 0 N–H and O–H groups in total. The average molecular weight is 396 g/mol. The number of ether oxygens (including phenoxy) is 1. The van der Waals surface area contributed by atoms with Crippen LogP contribution in [0.2, 0.25) is 5.02 Å². The fraction of sp³-hybridized carbons (Fsp3) is 0.550. The maximum Gasteiger partial charge on any atom is 0.326 e. The highest BCUT2D eigenvalue weighted by Gasteiger charge is 2.32. The van der Waals surface area contributed by atoms with Crippen LogP contribution in [0, 0.1) is 0 Å². The molecule has 0 aromatic heterocycles. The molecule has 0 heterocycles. The van der Waals surface area contributed by atoms with Crippen molar-refractivity contribution in [3.8, 4) is 0 Å². The third-order valence-electron chi connectivity index (χ3n) is 4.34. The highest BCUT2D eigenvalue weighted by atomic mass is 35.5. The molecule has 1 aliphatic rings. The van der Waals surface area contributed by atoms with Crippen LogP contribution in [0.25, 0.3) is 0 Å². The summed E-state index contributed by atoms with van der Waals surface area (Å²) in [5.41, 5.74) is 0.426. The number of nitrogens with zero attached hydrogens (tertiary/aromatic N) is 1. The maximum atomic E-state index is 13.3. The predicted molar refractivity (Wildman–Crippen MR) is 108 cm³/mol. The molecule has 0 atom stereocenters. The van der Waals surface area contributed by atoms with Crippen LogP contribution in [0.15, 0.2) is 18.2 Å². The van der Waals surface area contributed by atoms with Gasteiger partial charge in [-0.15, -0.1) is 0 Å². The fourth-order valence-electron chi connectivity index (χ4n) is 3.31. The first-order valence-electron chi connectivity index (χ1n) is 8.92. The molecule has 0 unspecified atom stereocenters. The first-order chi connectivity index (χ1) is 12.1. The van der Waals surface area contributed by atoms with Gasteiger partial charge in [0.2, 0.25) is 0 Å². The number of hydrogen-bond acceptors (Lipinski definition) is 4. The minimum Gasteiger partial charge on any atom is -0.459 e. The first-order valence-corrected chi connectivity index (χ1v) is 9.71. The molecule has 0 radical (unpaired) electrons. The number of benzene rings is 1. The molecule has 0 saturated heterocycles. The Morgan fingerprint density at radius 1 is 1.27 bits per heavy atom. The molecule has 142 valence electrons. The normalized spacial score (nSPS) is 15.0. The largest absolute Gasteiger partial charge is 0.459 e. The summed E-state index contributed by atoms with van der Waals surface area (Å²) in [5.74, 6) is -0.620. The van der Waals surface area contributed by atoms with Crippen LogP contribution in [0.1, 0.15) is 69.3 Å². The second kappa shape index (κ2) is 8.49. The second-order valence-corrected chi connectivity index (χ2v) is 8.70. The van der Waals surface area contributed by atoms with E-state index in [1.165, 1.54) is 0 Å². The molecular formula is C20H26ClNO3S. The minimum atomic E-state index is -0.590. The number of esters is 1. The number of amides is 1. The van der Waals surface area contributed by atoms with Gasteiger partial charge in [-0.25, -0.2) is 0 Å². The van der Waals surface area contributed by atoms with E-state index in [4.69, 9.17) is 28.6 Å². The van der Waals surface area contributed by atoms with Gasteiger partial charge in [-0.3, -0.25) is 9.59 Å². The van der Waals surface area contributed by atoms with Crippen LogP contribution in [0.3, 0.4) is 0 Å². The van der Waals surface area contributed by atoms with Crippen molar-refractivity contribution in [2.75, 3.05) is 6.54 Å². The molecule has 1 aromatic rings. The number of carbonyl (C=O) groups is 2. The van der Waals surface area contributed by atoms with E-state index in [0.29, 0.717) is 21.0 Å². The molecule has 4 nitrogen and oxygen atoms in total. The highest BCUT2D eigenvalue weighted by molar-refractivity contribution is 7.80. The van der Waals surface area contributed by atoms with Crippen LogP contribution in [-0.4, -0.2) is 39.8 Å². The van der Waals surface area contributed by atoms with Crippen molar-refractivity contribution in [2.45, 2.75) is 65.0 Å². The average Bonchev–Trinajstić information content (AvgIpc) is 3.03. The Morgan fingerprint density at radius 2 is 1.88 bits per heavy atom. The van der Waals surface area contributed by atoms with Crippen molar-refractivity contribution in [3.05, 3.63) is 34.3 Å². The summed E-state index contributed by atoms with van der Waals surface area (Å²) in [5, 5.41) is 0.451. The van der Waals surface area contributed by atoms with Gasteiger partial charge in [0, 0.05) is 27.1 Å². The topological polar surface area (TPSA) is 46.6 Å². The van der Waals surface area contributed by atoms with Gasteiger partial charge in [-0.2, -0.15) is 0 Å². The summed E-state index contributed by atoms with van der Waals surface area (Å²) in [6.07, 6.45) is 3.89. The standard InChI is InChI=1S/C20H26ClNO3S/c1-13(26)18-15(10-7-11-16(18)21)19(24)22(14-8-5-6-9-14)12-17(23)25-20(2,3)4/h7,10-11,14H,5-6,8-9,12H2,1-4H3. The third kappa shape index (κ3) is 5.27. The van der Waals surface area contributed by atoms with E-state index in [0.717, 1.165) is 25.7 Å². The van der Waals surface area contributed by atoms with Crippen molar-refractivity contribution < 1.29 is 14.3 Å². The summed E-state index contributed by atoms with van der Waals surface area (Å²) in [4.78, 5) is 27.9. The molecule has 1 aliphatic carbocycles. The lowest BCUT2D eigenvalue weighted by Gasteiger charge is -2.30.